The minimum atomic E-state index is -6.43. The van der Waals surface area contributed by atoms with Crippen LogP contribution in [-0.2, 0) is 14.6 Å². The summed E-state index contributed by atoms with van der Waals surface area (Å²) in [6.07, 6.45) is -20.3. The molecule has 1 amide bonds. The lowest BCUT2D eigenvalue weighted by molar-refractivity contribution is -0.325. The van der Waals surface area contributed by atoms with Gasteiger partial charge in [-0.15, -0.1) is 0 Å². The fraction of sp³-hybridized carbons (Fsp3) is 0.621. The molecule has 250 valence electrons. The van der Waals surface area contributed by atoms with E-state index in [2.05, 4.69) is 0 Å². The van der Waals surface area contributed by atoms with Crippen molar-refractivity contribution in [3.05, 3.63) is 53.4 Å². The first-order valence-electron chi connectivity index (χ1n) is 14.1. The summed E-state index contributed by atoms with van der Waals surface area (Å²) in [6, 6.07) is 1.91. The molecule has 1 saturated heterocycles. The highest BCUT2D eigenvalue weighted by Crippen LogP contribution is 2.65. The largest absolute Gasteiger partial charge is 0.435 e. The second-order valence-corrected chi connectivity index (χ2v) is 14.7. The van der Waals surface area contributed by atoms with Gasteiger partial charge < -0.3 is 4.90 Å². The summed E-state index contributed by atoms with van der Waals surface area (Å²) < 4.78 is 181. The minimum absolute atomic E-state index is 0.0876. The van der Waals surface area contributed by atoms with Gasteiger partial charge in [0, 0.05) is 17.5 Å². The zero-order valence-electron chi connectivity index (χ0n) is 23.6. The lowest BCUT2D eigenvalue weighted by atomic mass is 9.57. The van der Waals surface area contributed by atoms with E-state index < -0.39 is 123 Å². The molecule has 5 rings (SSSR count). The number of halogens is 11. The fourth-order valence-electron chi connectivity index (χ4n) is 8.11. The molecular formula is C29H28F11NO3S. The average Bonchev–Trinajstić information content (AvgIpc) is 3.58. The lowest BCUT2D eigenvalue weighted by Crippen LogP contribution is -2.65. The van der Waals surface area contributed by atoms with Crippen LogP contribution >= 0.6 is 0 Å². The van der Waals surface area contributed by atoms with E-state index in [9.17, 15) is 57.1 Å². The first-order valence-corrected chi connectivity index (χ1v) is 15.6. The third-order valence-electron chi connectivity index (χ3n) is 10.5. The van der Waals surface area contributed by atoms with E-state index in [1.165, 1.54) is 6.92 Å². The molecule has 3 aliphatic carbocycles. The molecule has 2 saturated carbocycles. The van der Waals surface area contributed by atoms with Gasteiger partial charge >= 0.3 is 24.2 Å². The van der Waals surface area contributed by atoms with Crippen molar-refractivity contribution in [2.24, 2.45) is 10.8 Å². The van der Waals surface area contributed by atoms with E-state index in [4.69, 9.17) is 0 Å². The number of nitrogens with zero attached hydrogens (tertiary/aromatic N) is 1. The number of carbonyl (C=O) groups is 1. The van der Waals surface area contributed by atoms with Crippen LogP contribution in [0.3, 0.4) is 0 Å². The Balaban J connectivity index is 1.69. The summed E-state index contributed by atoms with van der Waals surface area (Å²) in [6.45, 7) is 0.739. The molecule has 0 N–H and O–H groups in total. The third-order valence-corrected chi connectivity index (χ3v) is 13.3. The van der Waals surface area contributed by atoms with E-state index >= 15 is 4.39 Å². The minimum Gasteiger partial charge on any atom is -0.337 e. The summed E-state index contributed by atoms with van der Waals surface area (Å²) in [4.78, 5) is 14.2. The number of alkyl halides is 10. The molecular weight excluding hydrogens is 651 g/mol. The number of benzene rings is 1. The number of amides is 1. The molecule has 1 unspecified atom stereocenters. The van der Waals surface area contributed by atoms with Gasteiger partial charge in [0.15, 0.2) is 9.84 Å². The maximum Gasteiger partial charge on any atom is 0.435 e. The van der Waals surface area contributed by atoms with Gasteiger partial charge in [0.05, 0.1) is 10.9 Å². The summed E-state index contributed by atoms with van der Waals surface area (Å²) in [7, 11) is -4.81. The number of likely N-dealkylation sites (tertiary alicyclic amines) is 1. The lowest BCUT2D eigenvalue weighted by Gasteiger charge is -2.56. The Morgan fingerprint density at radius 1 is 0.889 bits per heavy atom. The van der Waals surface area contributed by atoms with Crippen molar-refractivity contribution in [3.8, 4) is 0 Å². The topological polar surface area (TPSA) is 54.5 Å². The van der Waals surface area contributed by atoms with Gasteiger partial charge in [-0.05, 0) is 62.8 Å². The Bertz CT molecular complexity index is 1520. The number of hydrogen-bond donors (Lipinski definition) is 0. The number of rotatable bonds is 4. The van der Waals surface area contributed by atoms with Crippen molar-refractivity contribution in [2.75, 3.05) is 6.54 Å². The number of hydrogen-bond acceptors (Lipinski definition) is 3. The van der Waals surface area contributed by atoms with Crippen LogP contribution in [0.5, 0.6) is 0 Å². The second-order valence-electron chi connectivity index (χ2n) is 12.5. The van der Waals surface area contributed by atoms with Crippen LogP contribution in [0.15, 0.2) is 52.5 Å². The highest BCUT2D eigenvalue weighted by Gasteiger charge is 2.76. The Morgan fingerprint density at radius 3 is 1.96 bits per heavy atom. The predicted octanol–water partition coefficient (Wildman–Crippen LogP) is 7.95. The van der Waals surface area contributed by atoms with Crippen LogP contribution in [0.25, 0.3) is 0 Å². The Hall–Kier alpha value is -2.65. The maximum absolute atomic E-state index is 15.1. The van der Waals surface area contributed by atoms with Gasteiger partial charge in [-0.3, -0.25) is 4.79 Å². The van der Waals surface area contributed by atoms with Gasteiger partial charge in [-0.1, -0.05) is 37.5 Å². The van der Waals surface area contributed by atoms with E-state index in [0.29, 0.717) is 12.2 Å². The molecule has 0 radical (unpaired) electrons. The number of fused-ring (bicyclic) bond motifs is 3. The Kier molecular flexibility index (Phi) is 7.62. The van der Waals surface area contributed by atoms with Crippen molar-refractivity contribution in [1.82, 2.24) is 4.90 Å². The monoisotopic (exact) mass is 679 g/mol. The molecule has 4 aliphatic rings. The zero-order valence-corrected chi connectivity index (χ0v) is 24.5. The molecule has 1 heterocycles. The zero-order chi connectivity index (χ0) is 33.6. The molecule has 1 aromatic carbocycles. The average molecular weight is 680 g/mol. The van der Waals surface area contributed by atoms with E-state index in [0.717, 1.165) is 29.2 Å². The van der Waals surface area contributed by atoms with Crippen molar-refractivity contribution in [3.63, 3.8) is 0 Å². The van der Waals surface area contributed by atoms with Crippen LogP contribution in [0.1, 0.15) is 58.3 Å². The summed E-state index contributed by atoms with van der Waals surface area (Å²) in [5, 5.41) is 0. The van der Waals surface area contributed by atoms with Gasteiger partial charge in [0.2, 0.25) is 5.91 Å². The second kappa shape index (κ2) is 10.2. The highest BCUT2D eigenvalue weighted by molar-refractivity contribution is 7.93. The smallest absolute Gasteiger partial charge is 0.337 e. The van der Waals surface area contributed by atoms with Gasteiger partial charge in [0.25, 0.3) is 0 Å². The van der Waals surface area contributed by atoms with E-state index in [-0.39, 0.29) is 18.4 Å². The number of carbonyl (C=O) groups excluding carboxylic acids is 1. The van der Waals surface area contributed by atoms with Crippen molar-refractivity contribution >= 4 is 15.7 Å². The third kappa shape index (κ3) is 4.42. The molecule has 1 aliphatic heterocycles. The van der Waals surface area contributed by atoms with E-state index in [1.807, 2.05) is 0 Å². The Morgan fingerprint density at radius 2 is 1.44 bits per heavy atom. The fourth-order valence-corrected chi connectivity index (χ4v) is 10.8. The van der Waals surface area contributed by atoms with E-state index in [1.54, 1.807) is 0 Å². The SMILES string of the molecule is CC12CC=C(C(F)(C(F)(F)F)C(F)(F)F)C=C1CC[C@H]1N(C(=O)C3(C(F)(F)F)CCCC3)CC[C@]12S(=O)(=O)c1ccc(F)cc1. The van der Waals surface area contributed by atoms with Gasteiger partial charge in [0.1, 0.15) is 16.0 Å². The van der Waals surface area contributed by atoms with Crippen molar-refractivity contribution < 1.29 is 61.5 Å². The molecule has 0 spiro atoms. The van der Waals surface area contributed by atoms with Gasteiger partial charge in [-0.2, -0.15) is 39.5 Å². The van der Waals surface area contributed by atoms with Crippen molar-refractivity contribution in [1.29, 1.82) is 0 Å². The van der Waals surface area contributed by atoms with Crippen molar-refractivity contribution in [2.45, 2.75) is 98.2 Å². The molecule has 16 heteroatoms. The molecule has 3 fully saturated rings. The highest BCUT2D eigenvalue weighted by atomic mass is 32.2. The van der Waals surface area contributed by atoms with Gasteiger partial charge in [-0.25, -0.2) is 17.2 Å². The molecule has 1 aromatic rings. The molecule has 45 heavy (non-hydrogen) atoms. The first-order chi connectivity index (χ1) is 20.5. The molecule has 0 bridgehead atoms. The maximum atomic E-state index is 15.1. The van der Waals surface area contributed by atoms with Crippen LogP contribution in [-0.4, -0.2) is 60.8 Å². The summed E-state index contributed by atoms with van der Waals surface area (Å²) >= 11 is 0. The normalized spacial score (nSPS) is 29.2. The molecule has 3 atom stereocenters. The molecule has 0 aromatic heterocycles. The van der Waals surface area contributed by atoms with Crippen LogP contribution in [0.2, 0.25) is 0 Å². The molecule has 4 nitrogen and oxygen atoms in total. The van der Waals surface area contributed by atoms with Crippen LogP contribution in [0, 0.1) is 16.6 Å². The predicted molar refractivity (Wildman–Crippen MR) is 137 cm³/mol. The Labute approximate surface area is 251 Å². The van der Waals surface area contributed by atoms with Crippen LogP contribution in [0.4, 0.5) is 48.3 Å². The number of allylic oxidation sites excluding steroid dienone is 4. The number of sulfone groups is 1. The summed E-state index contributed by atoms with van der Waals surface area (Å²) in [5.41, 5.74) is -12.5. The first kappa shape index (κ1) is 33.7. The standard InChI is InChI=1S/C29H28F11NO3S/c1-23-13-10-18(26(31,28(35,36)37)29(38,39)40)16-17(23)4-9-21-25(23,45(43,44)20-7-5-19(30)6-8-20)14-15-41(21)22(42)24(27(32,33)34)11-2-3-12-24/h5-8,10,16,21H,2-4,9,11-15H2,1H3/t21-,23?,25+/m1/s1. The van der Waals surface area contributed by atoms with Crippen LogP contribution < -0.4 is 0 Å². The quantitative estimate of drug-likeness (QED) is 0.240. The summed E-state index contributed by atoms with van der Waals surface area (Å²) in [5.74, 6) is -2.17.